The second-order valence-corrected chi connectivity index (χ2v) is 10.1. The van der Waals surface area contributed by atoms with Crippen LogP contribution in [-0.2, 0) is 15.7 Å². The number of hydrogen-bond donors (Lipinski definition) is 2. The van der Waals surface area contributed by atoms with Crippen molar-refractivity contribution in [2.75, 3.05) is 46.4 Å². The lowest BCUT2D eigenvalue weighted by molar-refractivity contribution is -0.141. The molecule has 0 radical (unpaired) electrons. The molecule has 2 N–H and O–H groups in total. The molecule has 0 saturated carbocycles. The number of piperazine rings is 1. The van der Waals surface area contributed by atoms with Crippen LogP contribution < -0.4 is 10.6 Å². The standard InChI is InChI=1S/C25H34F3N5O4/c1-6-37-21(34)19-18(15-32-11-13-33(14-12-32)23(36)30-24(2,3)4)31(5)22(35)29-20(19)16-9-7-8-10-17(16)25(26,27)28/h7-10,20H,6,11-15H2,1-5H3,(H,29,35)(H,30,36). The highest BCUT2D eigenvalue weighted by atomic mass is 19.4. The van der Waals surface area contributed by atoms with E-state index in [9.17, 15) is 27.6 Å². The van der Waals surface area contributed by atoms with E-state index >= 15 is 0 Å². The first-order valence-corrected chi connectivity index (χ1v) is 12.1. The molecule has 4 amide bonds. The number of rotatable bonds is 5. The first kappa shape index (κ1) is 28.3. The summed E-state index contributed by atoms with van der Waals surface area (Å²) < 4.78 is 46.7. The van der Waals surface area contributed by atoms with Gasteiger partial charge in [-0.25, -0.2) is 14.4 Å². The Morgan fingerprint density at radius 3 is 2.30 bits per heavy atom. The van der Waals surface area contributed by atoms with Gasteiger partial charge in [0, 0.05) is 51.0 Å². The summed E-state index contributed by atoms with van der Waals surface area (Å²) in [6, 6.07) is 2.71. The summed E-state index contributed by atoms with van der Waals surface area (Å²) >= 11 is 0. The van der Waals surface area contributed by atoms with Gasteiger partial charge in [0.05, 0.1) is 23.8 Å². The maximum atomic E-state index is 13.8. The zero-order chi connectivity index (χ0) is 27.5. The summed E-state index contributed by atoms with van der Waals surface area (Å²) in [5, 5.41) is 5.46. The number of amides is 4. The molecule has 0 aromatic heterocycles. The minimum Gasteiger partial charge on any atom is -0.463 e. The molecule has 37 heavy (non-hydrogen) atoms. The molecule has 2 aliphatic heterocycles. The first-order chi connectivity index (χ1) is 17.2. The predicted octanol–water partition coefficient (Wildman–Crippen LogP) is 3.34. The van der Waals surface area contributed by atoms with Crippen LogP contribution in [0.4, 0.5) is 22.8 Å². The number of carbonyl (C=O) groups is 3. The summed E-state index contributed by atoms with van der Waals surface area (Å²) in [4.78, 5) is 43.3. The van der Waals surface area contributed by atoms with Gasteiger partial charge in [0.1, 0.15) is 0 Å². The first-order valence-electron chi connectivity index (χ1n) is 12.1. The maximum absolute atomic E-state index is 13.8. The molecule has 1 atom stereocenters. The van der Waals surface area contributed by atoms with Gasteiger partial charge in [0.15, 0.2) is 0 Å². The molecule has 1 aromatic rings. The molecule has 2 aliphatic rings. The third kappa shape index (κ3) is 6.73. The van der Waals surface area contributed by atoms with Crippen LogP contribution in [0, 0.1) is 0 Å². The Morgan fingerprint density at radius 2 is 1.73 bits per heavy atom. The second-order valence-electron chi connectivity index (χ2n) is 10.1. The van der Waals surface area contributed by atoms with E-state index < -0.39 is 29.8 Å². The van der Waals surface area contributed by atoms with Crippen molar-refractivity contribution in [3.63, 3.8) is 0 Å². The van der Waals surface area contributed by atoms with Crippen LogP contribution in [0.25, 0.3) is 0 Å². The Kier molecular flexibility index (Phi) is 8.41. The average molecular weight is 526 g/mol. The largest absolute Gasteiger partial charge is 0.463 e. The number of urea groups is 2. The van der Waals surface area contributed by atoms with E-state index in [0.717, 1.165) is 6.07 Å². The van der Waals surface area contributed by atoms with Crippen molar-refractivity contribution in [3.05, 3.63) is 46.7 Å². The number of benzene rings is 1. The minimum absolute atomic E-state index is 0.0163. The fourth-order valence-electron chi connectivity index (χ4n) is 4.36. The lowest BCUT2D eigenvalue weighted by atomic mass is 9.90. The van der Waals surface area contributed by atoms with E-state index in [-0.39, 0.29) is 41.6 Å². The van der Waals surface area contributed by atoms with Crippen molar-refractivity contribution in [1.82, 2.24) is 25.3 Å². The summed E-state index contributed by atoms with van der Waals surface area (Å²) in [5.74, 6) is -0.797. The minimum atomic E-state index is -4.69. The van der Waals surface area contributed by atoms with Crippen LogP contribution in [-0.4, -0.2) is 84.6 Å². The van der Waals surface area contributed by atoms with E-state index in [1.807, 2.05) is 25.7 Å². The molecule has 204 valence electrons. The van der Waals surface area contributed by atoms with Crippen LogP contribution in [0.15, 0.2) is 35.5 Å². The summed E-state index contributed by atoms with van der Waals surface area (Å²) in [7, 11) is 1.46. The number of nitrogens with zero attached hydrogens (tertiary/aromatic N) is 3. The van der Waals surface area contributed by atoms with Gasteiger partial charge in [0.25, 0.3) is 0 Å². The molecular weight excluding hydrogens is 491 g/mol. The zero-order valence-electron chi connectivity index (χ0n) is 21.7. The quantitative estimate of drug-likeness (QED) is 0.576. The number of esters is 1. The molecule has 0 spiro atoms. The highest BCUT2D eigenvalue weighted by Gasteiger charge is 2.42. The van der Waals surface area contributed by atoms with Crippen LogP contribution in [0.1, 0.15) is 44.9 Å². The smallest absolute Gasteiger partial charge is 0.416 e. The third-order valence-corrected chi connectivity index (χ3v) is 6.16. The SMILES string of the molecule is CCOC(=O)C1=C(CN2CCN(C(=O)NC(C)(C)C)CC2)N(C)C(=O)NC1c1ccccc1C(F)(F)F. The second kappa shape index (κ2) is 11.0. The number of ether oxygens (including phenoxy) is 1. The normalized spacial score (nSPS) is 19.6. The molecule has 0 bridgehead atoms. The van der Waals surface area contributed by atoms with E-state index in [2.05, 4.69) is 10.6 Å². The van der Waals surface area contributed by atoms with Crippen molar-refractivity contribution in [2.24, 2.45) is 0 Å². The monoisotopic (exact) mass is 525 g/mol. The van der Waals surface area contributed by atoms with E-state index in [0.29, 0.717) is 26.2 Å². The number of alkyl halides is 3. The molecule has 1 fully saturated rings. The molecule has 1 aromatic carbocycles. The summed E-state index contributed by atoms with van der Waals surface area (Å²) in [5.41, 5.74) is -1.34. The predicted molar refractivity (Wildman–Crippen MR) is 130 cm³/mol. The van der Waals surface area contributed by atoms with Crippen molar-refractivity contribution >= 4 is 18.0 Å². The number of halogens is 3. The van der Waals surface area contributed by atoms with Crippen LogP contribution in [0.3, 0.4) is 0 Å². The van der Waals surface area contributed by atoms with Gasteiger partial charge >= 0.3 is 24.2 Å². The summed E-state index contributed by atoms with van der Waals surface area (Å²) in [6.07, 6.45) is -4.69. The zero-order valence-corrected chi connectivity index (χ0v) is 21.7. The number of hydrogen-bond acceptors (Lipinski definition) is 5. The van der Waals surface area contributed by atoms with Crippen LogP contribution in [0.2, 0.25) is 0 Å². The Balaban J connectivity index is 1.94. The Hall–Kier alpha value is -3.28. The molecule has 3 rings (SSSR count). The molecule has 1 saturated heterocycles. The lowest BCUT2D eigenvalue weighted by Crippen LogP contribution is -2.56. The maximum Gasteiger partial charge on any atom is 0.416 e. The highest BCUT2D eigenvalue weighted by molar-refractivity contribution is 5.95. The molecule has 12 heteroatoms. The topological polar surface area (TPSA) is 94.2 Å². The lowest BCUT2D eigenvalue weighted by Gasteiger charge is -2.40. The van der Waals surface area contributed by atoms with Gasteiger partial charge in [-0.15, -0.1) is 0 Å². The van der Waals surface area contributed by atoms with Gasteiger partial charge in [-0.2, -0.15) is 13.2 Å². The third-order valence-electron chi connectivity index (χ3n) is 6.16. The fraction of sp³-hybridized carbons (Fsp3) is 0.560. The van der Waals surface area contributed by atoms with E-state index in [1.165, 1.54) is 30.1 Å². The molecule has 1 unspecified atom stereocenters. The van der Waals surface area contributed by atoms with Gasteiger partial charge in [-0.3, -0.25) is 9.80 Å². The molecule has 2 heterocycles. The number of likely N-dealkylation sites (N-methyl/N-ethyl adjacent to an activating group) is 1. The number of carbonyl (C=O) groups excluding carboxylic acids is 3. The Bertz CT molecular complexity index is 1060. The van der Waals surface area contributed by atoms with E-state index in [1.54, 1.807) is 11.8 Å². The fourth-order valence-corrected chi connectivity index (χ4v) is 4.36. The number of nitrogens with one attached hydrogen (secondary N) is 2. The van der Waals surface area contributed by atoms with Crippen LogP contribution >= 0.6 is 0 Å². The van der Waals surface area contributed by atoms with E-state index in [4.69, 9.17) is 4.74 Å². The van der Waals surface area contributed by atoms with Crippen molar-refractivity contribution in [3.8, 4) is 0 Å². The van der Waals surface area contributed by atoms with Gasteiger partial charge in [-0.1, -0.05) is 18.2 Å². The Morgan fingerprint density at radius 1 is 1.11 bits per heavy atom. The van der Waals surface area contributed by atoms with Gasteiger partial charge in [0.2, 0.25) is 0 Å². The van der Waals surface area contributed by atoms with Crippen molar-refractivity contribution in [1.29, 1.82) is 0 Å². The molecule has 9 nitrogen and oxygen atoms in total. The Labute approximate surface area is 214 Å². The van der Waals surface area contributed by atoms with Crippen molar-refractivity contribution in [2.45, 2.75) is 45.5 Å². The van der Waals surface area contributed by atoms with Crippen LogP contribution in [0.5, 0.6) is 0 Å². The summed E-state index contributed by atoms with van der Waals surface area (Å²) in [6.45, 7) is 9.16. The van der Waals surface area contributed by atoms with Gasteiger partial charge in [-0.05, 0) is 39.3 Å². The molecular formula is C25H34F3N5O4. The van der Waals surface area contributed by atoms with Gasteiger partial charge < -0.3 is 20.3 Å². The van der Waals surface area contributed by atoms with Crippen molar-refractivity contribution < 1.29 is 32.3 Å². The highest BCUT2D eigenvalue weighted by Crippen LogP contribution is 2.39. The average Bonchev–Trinajstić information content (AvgIpc) is 2.80. The molecule has 0 aliphatic carbocycles.